The van der Waals surface area contributed by atoms with Crippen LogP contribution in [0.1, 0.15) is 81.0 Å². The zero-order valence-corrected chi connectivity index (χ0v) is 26.0. The Kier molecular flexibility index (Phi) is 8.88. The summed E-state index contributed by atoms with van der Waals surface area (Å²) in [6.07, 6.45) is 8.31. The largest absolute Gasteiger partial charge is 0.377 e. The van der Waals surface area contributed by atoms with E-state index in [1.54, 1.807) is 0 Å². The van der Waals surface area contributed by atoms with Crippen molar-refractivity contribution in [3.63, 3.8) is 0 Å². The van der Waals surface area contributed by atoms with Gasteiger partial charge < -0.3 is 25.3 Å². The molecule has 1 aliphatic heterocycles. The first-order chi connectivity index (χ1) is 21.3. The molecule has 6 rings (SSSR count). The molecule has 12 nitrogen and oxygen atoms in total. The summed E-state index contributed by atoms with van der Waals surface area (Å²) in [5.41, 5.74) is 10.3. The van der Waals surface area contributed by atoms with Crippen molar-refractivity contribution in [2.75, 3.05) is 37.0 Å². The molecule has 3 aromatic rings. The van der Waals surface area contributed by atoms with Crippen molar-refractivity contribution in [1.29, 1.82) is 0 Å². The maximum atomic E-state index is 13.2. The second-order valence-electron chi connectivity index (χ2n) is 12.9. The number of amides is 3. The number of anilines is 2. The smallest absolute Gasteiger partial charge is 0.333 e. The quantitative estimate of drug-likeness (QED) is 0.320. The second kappa shape index (κ2) is 13.0. The lowest BCUT2D eigenvalue weighted by Gasteiger charge is -2.37. The number of ether oxygens (including phenoxy) is 1. The molecule has 3 aliphatic rings. The first-order valence-electron chi connectivity index (χ1n) is 16.1. The van der Waals surface area contributed by atoms with Crippen LogP contribution in [0, 0.1) is 17.8 Å². The van der Waals surface area contributed by atoms with Gasteiger partial charge in [0.1, 0.15) is 5.52 Å². The van der Waals surface area contributed by atoms with Gasteiger partial charge in [0.25, 0.3) is 0 Å². The highest BCUT2D eigenvalue weighted by Crippen LogP contribution is 2.38. The minimum absolute atomic E-state index is 0.0165. The van der Waals surface area contributed by atoms with Gasteiger partial charge in [0.05, 0.1) is 19.3 Å². The third-order valence-corrected chi connectivity index (χ3v) is 9.75. The molecule has 3 fully saturated rings. The van der Waals surface area contributed by atoms with Crippen LogP contribution in [0.25, 0.3) is 11.2 Å². The SMILES string of the molecule is C[C@@H](Nc1nc(C(=O)NN(C)C(N)=O)nc2nc(N3CCOC[C@H]3c3ccccc3)n(C[C@H]3CC[C@H](C)CC3)c12)C1CCC1. The number of urea groups is 1. The summed E-state index contributed by atoms with van der Waals surface area (Å²) in [7, 11) is 1.39. The van der Waals surface area contributed by atoms with Crippen LogP contribution in [0.5, 0.6) is 0 Å². The molecule has 2 aromatic heterocycles. The van der Waals surface area contributed by atoms with Gasteiger partial charge >= 0.3 is 11.9 Å². The van der Waals surface area contributed by atoms with Gasteiger partial charge in [-0.2, -0.15) is 4.98 Å². The number of rotatable bonds is 8. The van der Waals surface area contributed by atoms with Crippen molar-refractivity contribution < 1.29 is 14.3 Å². The summed E-state index contributed by atoms with van der Waals surface area (Å²) in [5, 5.41) is 4.58. The highest BCUT2D eigenvalue weighted by atomic mass is 16.5. The fraction of sp³-hybridized carbons (Fsp3) is 0.594. The number of carbonyl (C=O) groups is 2. The van der Waals surface area contributed by atoms with Gasteiger partial charge in [-0.25, -0.2) is 19.8 Å². The number of benzene rings is 1. The number of primary amides is 1. The number of nitrogens with one attached hydrogen (secondary N) is 2. The van der Waals surface area contributed by atoms with Crippen LogP contribution in [0.2, 0.25) is 0 Å². The van der Waals surface area contributed by atoms with E-state index in [0.717, 1.165) is 60.2 Å². The van der Waals surface area contributed by atoms with E-state index in [2.05, 4.69) is 63.3 Å². The van der Waals surface area contributed by atoms with E-state index < -0.39 is 11.9 Å². The van der Waals surface area contributed by atoms with Crippen molar-refractivity contribution >= 4 is 34.9 Å². The summed E-state index contributed by atoms with van der Waals surface area (Å²) < 4.78 is 8.27. The summed E-state index contributed by atoms with van der Waals surface area (Å²) in [4.78, 5) is 41.8. The van der Waals surface area contributed by atoms with Crippen molar-refractivity contribution in [2.24, 2.45) is 23.5 Å². The lowest BCUT2D eigenvalue weighted by Crippen LogP contribution is -2.46. The number of carbonyl (C=O) groups excluding carboxylic acids is 2. The monoisotopic (exact) mass is 603 g/mol. The molecule has 0 unspecified atom stereocenters. The first kappa shape index (κ1) is 30.1. The van der Waals surface area contributed by atoms with Gasteiger partial charge in [0.15, 0.2) is 11.5 Å². The van der Waals surface area contributed by atoms with Gasteiger partial charge in [-0.3, -0.25) is 10.2 Å². The van der Waals surface area contributed by atoms with E-state index in [-0.39, 0.29) is 17.9 Å². The molecule has 3 heterocycles. The molecule has 236 valence electrons. The Morgan fingerprint density at radius 2 is 1.84 bits per heavy atom. The van der Waals surface area contributed by atoms with Crippen LogP contribution in [-0.2, 0) is 11.3 Å². The van der Waals surface area contributed by atoms with Gasteiger partial charge in [-0.05, 0) is 55.9 Å². The minimum Gasteiger partial charge on any atom is -0.377 e. The van der Waals surface area contributed by atoms with Crippen molar-refractivity contribution in [1.82, 2.24) is 30.0 Å². The van der Waals surface area contributed by atoms with Crippen molar-refractivity contribution in [2.45, 2.75) is 77.4 Å². The van der Waals surface area contributed by atoms with Crippen LogP contribution < -0.4 is 21.4 Å². The average molecular weight is 604 g/mol. The molecule has 44 heavy (non-hydrogen) atoms. The predicted octanol–water partition coefficient (Wildman–Crippen LogP) is 4.49. The first-order valence-corrected chi connectivity index (χ1v) is 16.1. The summed E-state index contributed by atoms with van der Waals surface area (Å²) in [5.74, 6) is 2.50. The Balaban J connectivity index is 1.47. The van der Waals surface area contributed by atoms with E-state index in [1.807, 2.05) is 6.07 Å². The molecule has 2 saturated carbocycles. The number of nitrogens with zero attached hydrogens (tertiary/aromatic N) is 6. The second-order valence-corrected chi connectivity index (χ2v) is 12.9. The summed E-state index contributed by atoms with van der Waals surface area (Å²) in [6, 6.07) is 9.75. The molecule has 0 spiro atoms. The third kappa shape index (κ3) is 6.31. The highest BCUT2D eigenvalue weighted by Gasteiger charge is 2.33. The number of nitrogens with two attached hydrogens (primary N) is 1. The zero-order valence-electron chi connectivity index (χ0n) is 26.0. The molecule has 2 aliphatic carbocycles. The number of hydrogen-bond acceptors (Lipinski definition) is 8. The topological polar surface area (TPSA) is 144 Å². The van der Waals surface area contributed by atoms with E-state index >= 15 is 0 Å². The number of aromatic nitrogens is 4. The lowest BCUT2D eigenvalue weighted by atomic mass is 9.80. The number of fused-ring (bicyclic) bond motifs is 1. The van der Waals surface area contributed by atoms with Gasteiger partial charge in [0, 0.05) is 26.2 Å². The third-order valence-electron chi connectivity index (χ3n) is 9.75. The van der Waals surface area contributed by atoms with Crippen LogP contribution in [-0.4, -0.2) is 69.3 Å². The normalized spacial score (nSPS) is 23.2. The van der Waals surface area contributed by atoms with E-state index in [0.29, 0.717) is 43.1 Å². The molecule has 1 saturated heterocycles. The van der Waals surface area contributed by atoms with Crippen LogP contribution in [0.4, 0.5) is 16.6 Å². The van der Waals surface area contributed by atoms with Crippen LogP contribution >= 0.6 is 0 Å². The Labute approximate surface area is 258 Å². The zero-order chi connectivity index (χ0) is 30.8. The van der Waals surface area contributed by atoms with E-state index in [9.17, 15) is 9.59 Å². The maximum Gasteiger partial charge on any atom is 0.333 e. The molecule has 4 N–H and O–H groups in total. The molecule has 1 aromatic carbocycles. The van der Waals surface area contributed by atoms with E-state index in [4.69, 9.17) is 20.4 Å². The fourth-order valence-corrected chi connectivity index (χ4v) is 6.71. The highest BCUT2D eigenvalue weighted by molar-refractivity contribution is 5.96. The lowest BCUT2D eigenvalue weighted by molar-refractivity contribution is 0.0848. The Morgan fingerprint density at radius 3 is 2.52 bits per heavy atom. The van der Waals surface area contributed by atoms with Crippen molar-refractivity contribution in [3.05, 3.63) is 41.7 Å². The van der Waals surface area contributed by atoms with Crippen molar-refractivity contribution in [3.8, 4) is 0 Å². The summed E-state index contributed by atoms with van der Waals surface area (Å²) in [6.45, 7) is 7.13. The molecular weight excluding hydrogens is 558 g/mol. The Morgan fingerprint density at radius 1 is 1.09 bits per heavy atom. The fourth-order valence-electron chi connectivity index (χ4n) is 6.71. The Hall–Kier alpha value is -3.93. The molecule has 12 heteroatoms. The minimum atomic E-state index is -0.788. The molecule has 2 atom stereocenters. The summed E-state index contributed by atoms with van der Waals surface area (Å²) >= 11 is 0. The number of imidazole rings is 1. The van der Waals surface area contributed by atoms with E-state index in [1.165, 1.54) is 26.3 Å². The number of hydrazine groups is 1. The van der Waals surface area contributed by atoms with Crippen LogP contribution in [0.15, 0.2) is 30.3 Å². The molecule has 0 radical (unpaired) electrons. The average Bonchev–Trinajstić information content (AvgIpc) is 3.35. The predicted molar refractivity (Wildman–Crippen MR) is 169 cm³/mol. The Bertz CT molecular complexity index is 1470. The number of hydrogen-bond donors (Lipinski definition) is 3. The van der Waals surface area contributed by atoms with Crippen LogP contribution in [0.3, 0.4) is 0 Å². The van der Waals surface area contributed by atoms with Gasteiger partial charge in [0.2, 0.25) is 11.8 Å². The molecular formula is C32H45N9O3. The molecule has 0 bridgehead atoms. The van der Waals surface area contributed by atoms with Gasteiger partial charge in [-0.15, -0.1) is 0 Å². The number of morpholine rings is 1. The molecule has 3 amide bonds. The van der Waals surface area contributed by atoms with Gasteiger partial charge in [-0.1, -0.05) is 56.5 Å². The standard InChI is InChI=1S/C32H45N9O3/c1-20-12-14-22(15-13-20)18-41-26-27(34-21(2)23-10-7-11-23)35-29(30(42)38-39(3)31(33)43)36-28(26)37-32(41)40-16-17-44-19-25(40)24-8-5-4-6-9-24/h4-6,8-9,20-23,25H,7,10-19H2,1-3H3,(H2,33,43)(H,38,42)(H,34,35,36)/t20-,21-,22-,25+/m1/s1. The maximum absolute atomic E-state index is 13.2.